The maximum absolute atomic E-state index is 12.8. The van der Waals surface area contributed by atoms with Crippen molar-refractivity contribution in [2.75, 3.05) is 26.3 Å². The first-order valence-electron chi connectivity index (χ1n) is 10.8. The molecule has 3 aromatic rings. The number of carbonyl (C=O) groups excluding carboxylic acids is 1. The maximum atomic E-state index is 12.8. The third kappa shape index (κ3) is 4.44. The van der Waals surface area contributed by atoms with Gasteiger partial charge in [-0.05, 0) is 48.1 Å². The molecule has 2 aliphatic heterocycles. The Kier molecular flexibility index (Phi) is 6.25. The average molecular weight is 487 g/mol. The van der Waals surface area contributed by atoms with Gasteiger partial charge in [0.1, 0.15) is 6.61 Å². The number of aliphatic hydroxyl groups is 2. The Hall–Kier alpha value is -2.65. The van der Waals surface area contributed by atoms with Crippen molar-refractivity contribution in [3.63, 3.8) is 0 Å². The molecule has 2 N–H and O–H groups in total. The van der Waals surface area contributed by atoms with Gasteiger partial charge in [0.05, 0.1) is 17.7 Å². The predicted molar refractivity (Wildman–Crippen MR) is 126 cm³/mol. The van der Waals surface area contributed by atoms with E-state index in [0.29, 0.717) is 48.1 Å². The Morgan fingerprint density at radius 1 is 1.21 bits per heavy atom. The Balaban J connectivity index is 1.38. The van der Waals surface area contributed by atoms with Gasteiger partial charge in [0.2, 0.25) is 0 Å². The number of thiophene rings is 1. The number of amides is 1. The molecule has 7 nitrogen and oxygen atoms in total. The molecule has 0 spiro atoms. The quantitative estimate of drug-likeness (QED) is 0.582. The normalized spacial score (nSPS) is 18.4. The number of pyridine rings is 1. The van der Waals surface area contributed by atoms with Gasteiger partial charge in [0, 0.05) is 40.9 Å². The summed E-state index contributed by atoms with van der Waals surface area (Å²) in [6, 6.07) is 9.28. The topological polar surface area (TPSA) is 92.1 Å². The average Bonchev–Trinajstić information content (AvgIpc) is 3.33. The van der Waals surface area contributed by atoms with Crippen molar-refractivity contribution in [1.82, 2.24) is 9.88 Å². The van der Waals surface area contributed by atoms with Gasteiger partial charge in [0.25, 0.3) is 11.8 Å². The minimum atomic E-state index is -0.423. The lowest BCUT2D eigenvalue weighted by molar-refractivity contribution is 0.0415. The van der Waals surface area contributed by atoms with Gasteiger partial charge in [-0.2, -0.15) is 0 Å². The van der Waals surface area contributed by atoms with Crippen LogP contribution in [-0.2, 0) is 0 Å². The Labute approximate surface area is 200 Å². The lowest BCUT2D eigenvalue weighted by Crippen LogP contribution is -2.40. The van der Waals surface area contributed by atoms with Crippen molar-refractivity contribution in [3.8, 4) is 33.2 Å². The van der Waals surface area contributed by atoms with Crippen LogP contribution in [0.2, 0.25) is 5.02 Å². The van der Waals surface area contributed by atoms with Crippen LogP contribution in [0.25, 0.3) is 21.6 Å². The van der Waals surface area contributed by atoms with Crippen LogP contribution in [0.3, 0.4) is 0 Å². The molecule has 5 rings (SSSR count). The number of nitrogens with zero attached hydrogens (tertiary/aromatic N) is 2. The SMILES string of the molecule is O=C(c1ccc(-c2cc(-c3ccnc4c3OC[C@@H](CO)O4)cs2)c(Cl)c1)N1CCC(O)CC1. The molecule has 1 aromatic carbocycles. The number of carbonyl (C=O) groups is 1. The van der Waals surface area contributed by atoms with Crippen molar-refractivity contribution in [1.29, 1.82) is 0 Å². The lowest BCUT2D eigenvalue weighted by Gasteiger charge is -2.29. The summed E-state index contributed by atoms with van der Waals surface area (Å²) in [5.41, 5.74) is 3.19. The highest BCUT2D eigenvalue weighted by Crippen LogP contribution is 2.43. The number of likely N-dealkylation sites (tertiary alicyclic amines) is 1. The Morgan fingerprint density at radius 2 is 2.03 bits per heavy atom. The van der Waals surface area contributed by atoms with E-state index < -0.39 is 6.10 Å². The molecule has 0 unspecified atom stereocenters. The highest BCUT2D eigenvalue weighted by molar-refractivity contribution is 7.14. The van der Waals surface area contributed by atoms with Crippen molar-refractivity contribution >= 4 is 28.8 Å². The second kappa shape index (κ2) is 9.30. The number of ether oxygens (including phenoxy) is 2. The summed E-state index contributed by atoms with van der Waals surface area (Å²) in [6.45, 7) is 1.23. The minimum Gasteiger partial charge on any atom is -0.483 e. The number of hydrogen-bond acceptors (Lipinski definition) is 7. The molecular weight excluding hydrogens is 464 g/mol. The van der Waals surface area contributed by atoms with E-state index in [1.807, 2.05) is 23.6 Å². The smallest absolute Gasteiger partial charge is 0.258 e. The first kappa shape index (κ1) is 22.2. The molecule has 9 heteroatoms. The van der Waals surface area contributed by atoms with Crippen LogP contribution in [0.4, 0.5) is 0 Å². The highest BCUT2D eigenvalue weighted by Gasteiger charge is 2.26. The number of aliphatic hydroxyl groups excluding tert-OH is 2. The summed E-state index contributed by atoms with van der Waals surface area (Å²) in [7, 11) is 0. The summed E-state index contributed by atoms with van der Waals surface area (Å²) < 4.78 is 11.5. The van der Waals surface area contributed by atoms with E-state index >= 15 is 0 Å². The predicted octanol–water partition coefficient (Wildman–Crippen LogP) is 3.86. The van der Waals surface area contributed by atoms with Crippen LogP contribution in [0.5, 0.6) is 11.6 Å². The summed E-state index contributed by atoms with van der Waals surface area (Å²) in [6.07, 6.45) is 2.11. The molecule has 0 bridgehead atoms. The molecular formula is C24H23ClN2O5S. The number of piperidine rings is 1. The fraction of sp³-hybridized carbons (Fsp3) is 0.333. The summed E-state index contributed by atoms with van der Waals surface area (Å²) in [5.74, 6) is 0.867. The van der Waals surface area contributed by atoms with Gasteiger partial charge < -0.3 is 24.6 Å². The molecule has 0 radical (unpaired) electrons. The lowest BCUT2D eigenvalue weighted by atomic mass is 10.0. The van der Waals surface area contributed by atoms with Crippen LogP contribution in [0.1, 0.15) is 23.2 Å². The highest BCUT2D eigenvalue weighted by atomic mass is 35.5. The first-order valence-corrected chi connectivity index (χ1v) is 12.0. The van der Waals surface area contributed by atoms with Crippen LogP contribution in [0, 0.1) is 0 Å². The monoisotopic (exact) mass is 486 g/mol. The number of halogens is 1. The van der Waals surface area contributed by atoms with Crippen molar-refractivity contribution in [2.24, 2.45) is 0 Å². The van der Waals surface area contributed by atoms with E-state index in [4.69, 9.17) is 21.1 Å². The zero-order valence-corrected chi connectivity index (χ0v) is 19.3. The molecule has 1 amide bonds. The summed E-state index contributed by atoms with van der Waals surface area (Å²) in [5, 5.41) is 21.5. The molecule has 172 valence electrons. The standard InChI is InChI=1S/C24H23ClN2O5S/c25-20-9-14(24(30)27-7-4-16(29)5-8-27)1-2-19(20)21-10-15(13-33-21)18-3-6-26-23-22(18)31-12-17(11-28)32-23/h1-3,6,9-10,13,16-17,28-29H,4-5,7-8,11-12H2/t17-/m1/s1. The van der Waals surface area contributed by atoms with Crippen LogP contribution in [-0.4, -0.2) is 64.5 Å². The van der Waals surface area contributed by atoms with Gasteiger partial charge in [0.15, 0.2) is 11.9 Å². The zero-order chi connectivity index (χ0) is 22.9. The number of aromatic nitrogens is 1. The van der Waals surface area contributed by atoms with E-state index in [-0.39, 0.29) is 25.2 Å². The van der Waals surface area contributed by atoms with Crippen molar-refractivity contribution in [3.05, 3.63) is 52.5 Å². The van der Waals surface area contributed by atoms with Gasteiger partial charge in [-0.15, -0.1) is 11.3 Å². The van der Waals surface area contributed by atoms with Gasteiger partial charge >= 0.3 is 0 Å². The fourth-order valence-electron chi connectivity index (χ4n) is 4.06. The largest absolute Gasteiger partial charge is 0.483 e. The molecule has 2 aliphatic rings. The summed E-state index contributed by atoms with van der Waals surface area (Å²) >= 11 is 8.14. The Morgan fingerprint density at radius 3 is 2.79 bits per heavy atom. The fourth-order valence-corrected chi connectivity index (χ4v) is 5.34. The molecule has 0 aliphatic carbocycles. The minimum absolute atomic E-state index is 0.0658. The summed E-state index contributed by atoms with van der Waals surface area (Å²) in [4.78, 5) is 19.8. The number of rotatable bonds is 4. The molecule has 0 saturated carbocycles. The zero-order valence-electron chi connectivity index (χ0n) is 17.7. The third-order valence-corrected chi connectivity index (χ3v) is 7.19. The van der Waals surface area contributed by atoms with Crippen LogP contribution >= 0.6 is 22.9 Å². The van der Waals surface area contributed by atoms with Gasteiger partial charge in [-0.1, -0.05) is 17.7 Å². The van der Waals surface area contributed by atoms with Crippen molar-refractivity contribution in [2.45, 2.75) is 25.0 Å². The molecule has 1 atom stereocenters. The van der Waals surface area contributed by atoms with E-state index in [0.717, 1.165) is 21.6 Å². The van der Waals surface area contributed by atoms with E-state index in [9.17, 15) is 15.0 Å². The molecule has 1 saturated heterocycles. The first-order chi connectivity index (χ1) is 16.0. The van der Waals surface area contributed by atoms with Crippen LogP contribution in [0.15, 0.2) is 41.9 Å². The second-order valence-corrected chi connectivity index (χ2v) is 9.46. The van der Waals surface area contributed by atoms with Gasteiger partial charge in [-0.3, -0.25) is 4.79 Å². The molecule has 1 fully saturated rings. The van der Waals surface area contributed by atoms with Gasteiger partial charge in [-0.25, -0.2) is 4.98 Å². The molecule has 4 heterocycles. The van der Waals surface area contributed by atoms with Crippen molar-refractivity contribution < 1.29 is 24.5 Å². The number of hydrogen-bond donors (Lipinski definition) is 2. The molecule has 33 heavy (non-hydrogen) atoms. The van der Waals surface area contributed by atoms with Crippen LogP contribution < -0.4 is 9.47 Å². The molecule has 2 aromatic heterocycles. The van der Waals surface area contributed by atoms with E-state index in [1.54, 1.807) is 34.6 Å². The third-order valence-electron chi connectivity index (χ3n) is 5.91. The van der Waals surface area contributed by atoms with E-state index in [2.05, 4.69) is 4.98 Å². The number of fused-ring (bicyclic) bond motifs is 1. The van der Waals surface area contributed by atoms with E-state index in [1.165, 1.54) is 0 Å². The Bertz CT molecular complexity index is 1180. The number of benzene rings is 1. The maximum Gasteiger partial charge on any atom is 0.258 e. The second-order valence-electron chi connectivity index (χ2n) is 8.14.